The van der Waals surface area contributed by atoms with Crippen LogP contribution in [-0.4, -0.2) is 24.0 Å². The Hall–Kier alpha value is -0.570. The van der Waals surface area contributed by atoms with Crippen molar-refractivity contribution in [3.8, 4) is 0 Å². The summed E-state index contributed by atoms with van der Waals surface area (Å²) in [6.07, 6.45) is 5.02. The van der Waals surface area contributed by atoms with Gasteiger partial charge in [-0.1, -0.05) is 36.6 Å². The SMILES string of the molecule is CC(c1cccc(Cl)c1)N(C)C1(CN)CCCC1. The third-order valence-corrected chi connectivity index (χ3v) is 4.81. The highest BCUT2D eigenvalue weighted by Crippen LogP contribution is 2.38. The Kier molecular flexibility index (Phi) is 4.31. The van der Waals surface area contributed by atoms with Crippen molar-refractivity contribution in [1.29, 1.82) is 0 Å². The number of likely N-dealkylation sites (N-methyl/N-ethyl adjacent to an activating group) is 1. The summed E-state index contributed by atoms with van der Waals surface area (Å²) >= 11 is 6.08. The van der Waals surface area contributed by atoms with Crippen LogP contribution in [0.15, 0.2) is 24.3 Å². The summed E-state index contributed by atoms with van der Waals surface area (Å²) in [6, 6.07) is 8.50. The van der Waals surface area contributed by atoms with Crippen LogP contribution in [0.4, 0.5) is 0 Å². The van der Waals surface area contributed by atoms with E-state index in [1.165, 1.54) is 31.2 Å². The van der Waals surface area contributed by atoms with Crippen LogP contribution < -0.4 is 5.73 Å². The Labute approximate surface area is 115 Å². The zero-order chi connectivity index (χ0) is 13.2. The predicted molar refractivity (Wildman–Crippen MR) is 77.9 cm³/mol. The van der Waals surface area contributed by atoms with Gasteiger partial charge < -0.3 is 5.73 Å². The first-order chi connectivity index (χ1) is 8.59. The summed E-state index contributed by atoms with van der Waals surface area (Å²) in [5.74, 6) is 0. The molecule has 1 atom stereocenters. The minimum Gasteiger partial charge on any atom is -0.329 e. The van der Waals surface area contributed by atoms with Crippen LogP contribution in [0.5, 0.6) is 0 Å². The van der Waals surface area contributed by atoms with Crippen LogP contribution in [0.25, 0.3) is 0 Å². The lowest BCUT2D eigenvalue weighted by atomic mass is 9.92. The highest BCUT2D eigenvalue weighted by molar-refractivity contribution is 6.30. The maximum atomic E-state index is 6.08. The van der Waals surface area contributed by atoms with Gasteiger partial charge in [0.25, 0.3) is 0 Å². The molecule has 1 unspecified atom stereocenters. The van der Waals surface area contributed by atoms with Crippen molar-refractivity contribution in [2.75, 3.05) is 13.6 Å². The van der Waals surface area contributed by atoms with Crippen LogP contribution >= 0.6 is 11.6 Å². The number of halogens is 1. The number of nitrogens with zero attached hydrogens (tertiary/aromatic N) is 1. The number of benzene rings is 1. The summed E-state index contributed by atoms with van der Waals surface area (Å²) in [5.41, 5.74) is 7.50. The maximum absolute atomic E-state index is 6.08. The van der Waals surface area contributed by atoms with Gasteiger partial charge in [-0.3, -0.25) is 4.90 Å². The van der Waals surface area contributed by atoms with Crippen molar-refractivity contribution in [3.05, 3.63) is 34.9 Å². The molecule has 100 valence electrons. The first-order valence-electron chi connectivity index (χ1n) is 6.77. The third-order valence-electron chi connectivity index (χ3n) is 4.57. The molecule has 0 spiro atoms. The maximum Gasteiger partial charge on any atom is 0.0409 e. The highest BCUT2D eigenvalue weighted by Gasteiger charge is 2.38. The predicted octanol–water partition coefficient (Wildman–Crippen LogP) is 3.60. The van der Waals surface area contributed by atoms with Crippen LogP contribution in [0.1, 0.15) is 44.2 Å². The van der Waals surface area contributed by atoms with Gasteiger partial charge in [0, 0.05) is 23.1 Å². The van der Waals surface area contributed by atoms with E-state index < -0.39 is 0 Å². The van der Waals surface area contributed by atoms with E-state index in [9.17, 15) is 0 Å². The lowest BCUT2D eigenvalue weighted by molar-refractivity contribution is 0.0895. The Morgan fingerprint density at radius 2 is 2.06 bits per heavy atom. The van der Waals surface area contributed by atoms with Gasteiger partial charge in [0.05, 0.1) is 0 Å². The monoisotopic (exact) mass is 266 g/mol. The lowest BCUT2D eigenvalue weighted by Crippen LogP contribution is -2.50. The van der Waals surface area contributed by atoms with Gasteiger partial charge in [-0.15, -0.1) is 0 Å². The van der Waals surface area contributed by atoms with Crippen molar-refractivity contribution < 1.29 is 0 Å². The fourth-order valence-corrected chi connectivity index (χ4v) is 3.33. The standard InChI is InChI=1S/C15H23ClN2/c1-12(13-6-5-7-14(16)10-13)18(2)15(11-17)8-3-4-9-15/h5-7,10,12H,3-4,8-9,11,17H2,1-2H3. The molecule has 0 radical (unpaired) electrons. The van der Waals surface area contributed by atoms with E-state index in [-0.39, 0.29) is 5.54 Å². The van der Waals surface area contributed by atoms with E-state index in [1.807, 2.05) is 12.1 Å². The van der Waals surface area contributed by atoms with E-state index in [4.69, 9.17) is 17.3 Å². The van der Waals surface area contributed by atoms with E-state index in [1.54, 1.807) is 0 Å². The molecule has 2 rings (SSSR count). The van der Waals surface area contributed by atoms with Crippen molar-refractivity contribution in [2.24, 2.45) is 5.73 Å². The number of hydrogen-bond acceptors (Lipinski definition) is 2. The Bertz CT molecular complexity index is 399. The zero-order valence-corrected chi connectivity index (χ0v) is 12.1. The molecular formula is C15H23ClN2. The number of nitrogens with two attached hydrogens (primary N) is 1. The Morgan fingerprint density at radius 1 is 1.39 bits per heavy atom. The van der Waals surface area contributed by atoms with Crippen LogP contribution in [0.2, 0.25) is 5.02 Å². The van der Waals surface area contributed by atoms with Gasteiger partial charge in [-0.05, 0) is 44.5 Å². The van der Waals surface area contributed by atoms with Crippen molar-refractivity contribution in [2.45, 2.75) is 44.2 Å². The molecule has 1 saturated carbocycles. The molecule has 0 amide bonds. The van der Waals surface area contributed by atoms with Gasteiger partial charge in [0.15, 0.2) is 0 Å². The molecule has 0 aromatic heterocycles. The molecule has 1 aliphatic rings. The summed E-state index contributed by atoms with van der Waals surface area (Å²) < 4.78 is 0. The first-order valence-corrected chi connectivity index (χ1v) is 7.15. The average molecular weight is 267 g/mol. The molecule has 18 heavy (non-hydrogen) atoms. The van der Waals surface area contributed by atoms with E-state index >= 15 is 0 Å². The van der Waals surface area contributed by atoms with Gasteiger partial charge in [-0.25, -0.2) is 0 Å². The molecule has 0 aliphatic heterocycles. The number of hydrogen-bond donors (Lipinski definition) is 1. The molecule has 1 aromatic carbocycles. The van der Waals surface area contributed by atoms with Crippen LogP contribution in [0.3, 0.4) is 0 Å². The molecule has 1 aromatic rings. The molecule has 0 heterocycles. The molecule has 1 fully saturated rings. The largest absolute Gasteiger partial charge is 0.329 e. The lowest BCUT2D eigenvalue weighted by Gasteiger charge is -2.42. The molecule has 0 bridgehead atoms. The fourth-order valence-electron chi connectivity index (χ4n) is 3.13. The van der Waals surface area contributed by atoms with Gasteiger partial charge in [0.1, 0.15) is 0 Å². The summed E-state index contributed by atoms with van der Waals surface area (Å²) in [6.45, 7) is 2.98. The third kappa shape index (κ3) is 2.56. The quantitative estimate of drug-likeness (QED) is 0.902. The fraction of sp³-hybridized carbons (Fsp3) is 0.600. The minimum atomic E-state index is 0.182. The van der Waals surface area contributed by atoms with Gasteiger partial charge in [0.2, 0.25) is 0 Å². The van der Waals surface area contributed by atoms with Gasteiger partial charge in [-0.2, -0.15) is 0 Å². The van der Waals surface area contributed by atoms with Crippen molar-refractivity contribution in [1.82, 2.24) is 4.90 Å². The normalized spacial score (nSPS) is 20.3. The Balaban J connectivity index is 2.20. The molecule has 1 aliphatic carbocycles. The second-order valence-corrected chi connectivity index (χ2v) is 5.91. The minimum absolute atomic E-state index is 0.182. The number of rotatable bonds is 4. The second kappa shape index (κ2) is 5.60. The summed E-state index contributed by atoms with van der Waals surface area (Å²) in [7, 11) is 2.20. The average Bonchev–Trinajstić information content (AvgIpc) is 2.87. The second-order valence-electron chi connectivity index (χ2n) is 5.48. The van der Waals surface area contributed by atoms with E-state index in [0.29, 0.717) is 6.04 Å². The zero-order valence-electron chi connectivity index (χ0n) is 11.3. The van der Waals surface area contributed by atoms with Crippen LogP contribution in [-0.2, 0) is 0 Å². The van der Waals surface area contributed by atoms with Crippen LogP contribution in [0, 0.1) is 0 Å². The van der Waals surface area contributed by atoms with E-state index in [0.717, 1.165) is 11.6 Å². The molecule has 3 heteroatoms. The molecule has 0 saturated heterocycles. The smallest absolute Gasteiger partial charge is 0.0409 e. The topological polar surface area (TPSA) is 29.3 Å². The van der Waals surface area contributed by atoms with E-state index in [2.05, 4.69) is 31.0 Å². The first kappa shape index (κ1) is 13.9. The van der Waals surface area contributed by atoms with Crippen molar-refractivity contribution in [3.63, 3.8) is 0 Å². The Morgan fingerprint density at radius 3 is 2.61 bits per heavy atom. The summed E-state index contributed by atoms with van der Waals surface area (Å²) in [5, 5.41) is 0.806. The van der Waals surface area contributed by atoms with Gasteiger partial charge >= 0.3 is 0 Å². The molecule has 2 N–H and O–H groups in total. The highest BCUT2D eigenvalue weighted by atomic mass is 35.5. The molecular weight excluding hydrogens is 244 g/mol. The summed E-state index contributed by atoms with van der Waals surface area (Å²) in [4.78, 5) is 2.45. The molecule has 2 nitrogen and oxygen atoms in total. The van der Waals surface area contributed by atoms with Crippen molar-refractivity contribution >= 4 is 11.6 Å².